The second-order valence-corrected chi connectivity index (χ2v) is 6.36. The quantitative estimate of drug-likeness (QED) is 0.829. The van der Waals surface area contributed by atoms with Crippen molar-refractivity contribution >= 4 is 5.91 Å². The Labute approximate surface area is 126 Å². The molecule has 2 atom stereocenters. The van der Waals surface area contributed by atoms with Crippen LogP contribution in [-0.2, 0) is 11.3 Å². The third-order valence-electron chi connectivity index (χ3n) is 4.98. The van der Waals surface area contributed by atoms with Crippen molar-refractivity contribution in [3.8, 4) is 0 Å². The maximum atomic E-state index is 12.5. The molecule has 116 valence electrons. The van der Waals surface area contributed by atoms with Gasteiger partial charge in [0, 0.05) is 44.0 Å². The lowest BCUT2D eigenvalue weighted by Gasteiger charge is -2.33. The fraction of sp³-hybridized carbons (Fsp3) is 0.750. The van der Waals surface area contributed by atoms with Crippen LogP contribution >= 0.6 is 0 Å². The van der Waals surface area contributed by atoms with E-state index in [2.05, 4.69) is 21.9 Å². The number of carbonyl (C=O) groups excluding carboxylic acids is 1. The standard InChI is InChI=1S/C16H26N4O/c1-18-10-2-6-14(18)15-7-3-13-20(15)16(21)8-4-11-19-12-5-9-17-19/h5,9,12,14-15H,2-4,6-8,10-11,13H2,1H3/t14-,15+/m0/s1. The smallest absolute Gasteiger partial charge is 0.222 e. The summed E-state index contributed by atoms with van der Waals surface area (Å²) in [5.41, 5.74) is 0. The molecular weight excluding hydrogens is 264 g/mol. The first-order valence-electron chi connectivity index (χ1n) is 8.23. The van der Waals surface area contributed by atoms with Crippen LogP contribution in [-0.4, -0.2) is 57.7 Å². The fourth-order valence-corrected chi connectivity index (χ4v) is 3.89. The van der Waals surface area contributed by atoms with Gasteiger partial charge in [-0.2, -0.15) is 5.10 Å². The second kappa shape index (κ2) is 6.60. The Kier molecular flexibility index (Phi) is 4.58. The van der Waals surface area contributed by atoms with Crippen molar-refractivity contribution < 1.29 is 4.79 Å². The van der Waals surface area contributed by atoms with Crippen LogP contribution in [0.15, 0.2) is 18.5 Å². The molecule has 0 unspecified atom stereocenters. The van der Waals surface area contributed by atoms with E-state index >= 15 is 0 Å². The van der Waals surface area contributed by atoms with Crippen molar-refractivity contribution in [2.75, 3.05) is 20.1 Å². The van der Waals surface area contributed by atoms with Crippen LogP contribution in [0.5, 0.6) is 0 Å². The van der Waals surface area contributed by atoms with Gasteiger partial charge >= 0.3 is 0 Å². The summed E-state index contributed by atoms with van der Waals surface area (Å²) in [6.45, 7) is 2.97. The largest absolute Gasteiger partial charge is 0.338 e. The number of likely N-dealkylation sites (N-methyl/N-ethyl adjacent to an activating group) is 1. The van der Waals surface area contributed by atoms with Gasteiger partial charge in [-0.15, -0.1) is 0 Å². The lowest BCUT2D eigenvalue weighted by Crippen LogP contribution is -2.47. The van der Waals surface area contributed by atoms with E-state index in [0.29, 0.717) is 24.4 Å². The van der Waals surface area contributed by atoms with Gasteiger partial charge in [0.1, 0.15) is 0 Å². The Bertz CT molecular complexity index is 459. The van der Waals surface area contributed by atoms with Crippen molar-refractivity contribution in [1.82, 2.24) is 19.6 Å². The number of aryl methyl sites for hydroxylation is 1. The number of likely N-dealkylation sites (tertiary alicyclic amines) is 2. The molecule has 1 aromatic rings. The van der Waals surface area contributed by atoms with Gasteiger partial charge in [0.15, 0.2) is 0 Å². The Hall–Kier alpha value is -1.36. The second-order valence-electron chi connectivity index (χ2n) is 6.36. The molecule has 0 bridgehead atoms. The summed E-state index contributed by atoms with van der Waals surface area (Å²) in [6, 6.07) is 2.96. The lowest BCUT2D eigenvalue weighted by molar-refractivity contribution is -0.133. The zero-order valence-corrected chi connectivity index (χ0v) is 12.9. The molecule has 2 saturated heterocycles. The van der Waals surface area contributed by atoms with E-state index < -0.39 is 0 Å². The highest BCUT2D eigenvalue weighted by molar-refractivity contribution is 5.76. The molecule has 5 nitrogen and oxygen atoms in total. The maximum Gasteiger partial charge on any atom is 0.222 e. The topological polar surface area (TPSA) is 41.4 Å². The third-order valence-corrected chi connectivity index (χ3v) is 4.98. The molecule has 0 radical (unpaired) electrons. The highest BCUT2D eigenvalue weighted by atomic mass is 16.2. The fourth-order valence-electron chi connectivity index (χ4n) is 3.89. The minimum Gasteiger partial charge on any atom is -0.338 e. The summed E-state index contributed by atoms with van der Waals surface area (Å²) in [5, 5.41) is 4.18. The minimum absolute atomic E-state index is 0.338. The number of rotatable bonds is 5. The van der Waals surface area contributed by atoms with E-state index in [0.717, 1.165) is 19.5 Å². The van der Waals surface area contributed by atoms with Gasteiger partial charge in [0.25, 0.3) is 0 Å². The summed E-state index contributed by atoms with van der Waals surface area (Å²) in [7, 11) is 2.20. The molecule has 5 heteroatoms. The van der Waals surface area contributed by atoms with E-state index in [1.54, 1.807) is 6.20 Å². The molecule has 2 aliphatic rings. The number of hydrogen-bond donors (Lipinski definition) is 0. The molecule has 0 aromatic carbocycles. The van der Waals surface area contributed by atoms with Crippen LogP contribution in [0.4, 0.5) is 0 Å². The minimum atomic E-state index is 0.338. The number of amides is 1. The van der Waals surface area contributed by atoms with Gasteiger partial charge in [0.05, 0.1) is 0 Å². The highest BCUT2D eigenvalue weighted by Crippen LogP contribution is 2.29. The first kappa shape index (κ1) is 14.6. The average molecular weight is 290 g/mol. The monoisotopic (exact) mass is 290 g/mol. The molecule has 2 aliphatic heterocycles. The Morgan fingerprint density at radius 1 is 1.24 bits per heavy atom. The van der Waals surface area contributed by atoms with E-state index in [1.807, 2.05) is 16.9 Å². The van der Waals surface area contributed by atoms with E-state index in [9.17, 15) is 4.79 Å². The van der Waals surface area contributed by atoms with Gasteiger partial charge in [-0.1, -0.05) is 0 Å². The molecular formula is C16H26N4O. The van der Waals surface area contributed by atoms with Gasteiger partial charge in [-0.25, -0.2) is 0 Å². The summed E-state index contributed by atoms with van der Waals surface area (Å²) < 4.78 is 1.90. The third kappa shape index (κ3) is 3.28. The predicted octanol–water partition coefficient (Wildman–Crippen LogP) is 1.75. The molecule has 2 fully saturated rings. The zero-order chi connectivity index (χ0) is 14.7. The van der Waals surface area contributed by atoms with Gasteiger partial charge < -0.3 is 9.80 Å². The number of aromatic nitrogens is 2. The average Bonchev–Trinajstić information content (AvgIpc) is 3.18. The van der Waals surface area contributed by atoms with Crippen LogP contribution in [0.2, 0.25) is 0 Å². The normalized spacial score (nSPS) is 26.6. The molecule has 3 heterocycles. The maximum absolute atomic E-state index is 12.5. The highest BCUT2D eigenvalue weighted by Gasteiger charge is 2.37. The van der Waals surface area contributed by atoms with Crippen LogP contribution in [0, 0.1) is 0 Å². The summed E-state index contributed by atoms with van der Waals surface area (Å²) in [4.78, 5) is 17.1. The Morgan fingerprint density at radius 2 is 2.05 bits per heavy atom. The summed E-state index contributed by atoms with van der Waals surface area (Å²) >= 11 is 0. The van der Waals surface area contributed by atoms with Gasteiger partial charge in [-0.05, 0) is 51.8 Å². The van der Waals surface area contributed by atoms with Crippen molar-refractivity contribution in [1.29, 1.82) is 0 Å². The zero-order valence-electron chi connectivity index (χ0n) is 12.9. The van der Waals surface area contributed by atoms with Crippen molar-refractivity contribution in [3.05, 3.63) is 18.5 Å². The van der Waals surface area contributed by atoms with Crippen LogP contribution in [0.1, 0.15) is 38.5 Å². The van der Waals surface area contributed by atoms with Crippen molar-refractivity contribution in [2.45, 2.75) is 57.2 Å². The molecule has 21 heavy (non-hydrogen) atoms. The predicted molar refractivity (Wildman–Crippen MR) is 81.8 cm³/mol. The SMILES string of the molecule is CN1CCC[C@H]1[C@H]1CCCN1C(=O)CCCn1cccn1. The van der Waals surface area contributed by atoms with Gasteiger partial charge in [-0.3, -0.25) is 9.48 Å². The van der Waals surface area contributed by atoms with Crippen molar-refractivity contribution in [2.24, 2.45) is 0 Å². The van der Waals surface area contributed by atoms with Crippen LogP contribution in [0.3, 0.4) is 0 Å². The van der Waals surface area contributed by atoms with Crippen LogP contribution in [0.25, 0.3) is 0 Å². The lowest BCUT2D eigenvalue weighted by atomic mass is 10.0. The summed E-state index contributed by atoms with van der Waals surface area (Å²) in [5.74, 6) is 0.338. The molecule has 0 N–H and O–H groups in total. The van der Waals surface area contributed by atoms with E-state index in [4.69, 9.17) is 0 Å². The molecule has 0 aliphatic carbocycles. The van der Waals surface area contributed by atoms with E-state index in [-0.39, 0.29) is 0 Å². The van der Waals surface area contributed by atoms with Crippen LogP contribution < -0.4 is 0 Å². The van der Waals surface area contributed by atoms with E-state index in [1.165, 1.54) is 32.2 Å². The first-order valence-corrected chi connectivity index (χ1v) is 8.23. The Morgan fingerprint density at radius 3 is 2.76 bits per heavy atom. The van der Waals surface area contributed by atoms with Gasteiger partial charge in [0.2, 0.25) is 5.91 Å². The molecule has 0 saturated carbocycles. The molecule has 3 rings (SSSR count). The number of nitrogens with zero attached hydrogens (tertiary/aromatic N) is 4. The first-order chi connectivity index (χ1) is 10.3. The molecule has 1 aromatic heterocycles. The number of carbonyl (C=O) groups is 1. The number of hydrogen-bond acceptors (Lipinski definition) is 3. The Balaban J connectivity index is 1.51. The summed E-state index contributed by atoms with van der Waals surface area (Å²) in [6.07, 6.45) is 10.1. The molecule has 0 spiro atoms. The van der Waals surface area contributed by atoms with Crippen molar-refractivity contribution in [3.63, 3.8) is 0 Å². The molecule has 1 amide bonds.